The summed E-state index contributed by atoms with van der Waals surface area (Å²) in [7, 11) is 2.36. The summed E-state index contributed by atoms with van der Waals surface area (Å²) in [5.41, 5.74) is 6.11. The molecule has 2 heterocycles. The summed E-state index contributed by atoms with van der Waals surface area (Å²) in [6, 6.07) is 28.0. The van der Waals surface area contributed by atoms with Crippen molar-refractivity contribution in [3.63, 3.8) is 0 Å². The van der Waals surface area contributed by atoms with Crippen LogP contribution in [0.1, 0.15) is 31.2 Å². The van der Waals surface area contributed by atoms with Gasteiger partial charge in [0, 0.05) is 17.1 Å². The van der Waals surface area contributed by atoms with Gasteiger partial charge in [0.25, 0.3) is 0 Å². The van der Waals surface area contributed by atoms with Gasteiger partial charge in [-0.2, -0.15) is 0 Å². The minimum absolute atomic E-state index is 0.330. The molecule has 0 aromatic heterocycles. The fraction of sp³-hybridized carbons (Fsp3) is 0.308. The van der Waals surface area contributed by atoms with Gasteiger partial charge in [0.2, 0.25) is 0 Å². The molecular formula is C26H31N4+. The summed E-state index contributed by atoms with van der Waals surface area (Å²) >= 11 is 0. The molecule has 1 fully saturated rings. The third kappa shape index (κ3) is 2.99. The van der Waals surface area contributed by atoms with E-state index in [4.69, 9.17) is 5.84 Å². The predicted octanol–water partition coefficient (Wildman–Crippen LogP) is 5.52. The van der Waals surface area contributed by atoms with E-state index in [1.165, 1.54) is 47.7 Å². The minimum Gasteiger partial charge on any atom is -0.310 e. The monoisotopic (exact) mass is 399 g/mol. The molecule has 0 saturated carbocycles. The summed E-state index contributed by atoms with van der Waals surface area (Å²) in [6.45, 7) is 4.60. The van der Waals surface area contributed by atoms with Gasteiger partial charge in [-0.1, -0.05) is 36.4 Å². The van der Waals surface area contributed by atoms with E-state index < -0.39 is 0 Å². The number of anilines is 4. The number of para-hydroxylation sites is 2. The molecule has 0 amide bonds. The highest BCUT2D eigenvalue weighted by Crippen LogP contribution is 2.49. The first kappa shape index (κ1) is 19.2. The maximum atomic E-state index is 6.70. The third-order valence-electron chi connectivity index (χ3n) is 7.17. The fourth-order valence-electron chi connectivity index (χ4n) is 5.50. The quantitative estimate of drug-likeness (QED) is 0.463. The molecule has 2 N–H and O–H groups in total. The third-order valence-corrected chi connectivity index (χ3v) is 7.17. The lowest BCUT2D eigenvalue weighted by Gasteiger charge is -2.47. The van der Waals surface area contributed by atoms with Crippen molar-refractivity contribution in [2.45, 2.75) is 31.8 Å². The molecular weight excluding hydrogens is 368 g/mol. The van der Waals surface area contributed by atoms with Crippen LogP contribution < -0.4 is 15.8 Å². The van der Waals surface area contributed by atoms with Gasteiger partial charge < -0.3 is 9.38 Å². The largest absolute Gasteiger partial charge is 0.310 e. The number of hydrazine groups is 1. The number of benzene rings is 3. The maximum absolute atomic E-state index is 6.70. The lowest BCUT2D eigenvalue weighted by Crippen LogP contribution is -2.64. The molecule has 30 heavy (non-hydrogen) atoms. The normalized spacial score (nSPS) is 25.0. The first-order chi connectivity index (χ1) is 14.6. The Balaban J connectivity index is 1.61. The van der Waals surface area contributed by atoms with Crippen LogP contribution in [-0.4, -0.2) is 30.8 Å². The summed E-state index contributed by atoms with van der Waals surface area (Å²) in [4.78, 5) is 2.34. The second-order valence-corrected chi connectivity index (χ2v) is 8.84. The number of nitrogens with two attached hydrogens (primary N) is 1. The average molecular weight is 400 g/mol. The van der Waals surface area contributed by atoms with Crippen LogP contribution in [0, 0.1) is 0 Å². The Bertz CT molecular complexity index is 980. The summed E-state index contributed by atoms with van der Waals surface area (Å²) in [5.74, 6) is 7.19. The molecule has 0 aliphatic carbocycles. The Morgan fingerprint density at radius 3 is 2.17 bits per heavy atom. The van der Waals surface area contributed by atoms with Gasteiger partial charge >= 0.3 is 0 Å². The van der Waals surface area contributed by atoms with Crippen LogP contribution in [0.5, 0.6) is 0 Å². The number of rotatable bonds is 4. The van der Waals surface area contributed by atoms with Crippen LogP contribution in [-0.2, 0) is 0 Å². The smallest absolute Gasteiger partial charge is 0.185 e. The van der Waals surface area contributed by atoms with Crippen molar-refractivity contribution in [2.24, 2.45) is 5.84 Å². The van der Waals surface area contributed by atoms with E-state index >= 15 is 0 Å². The zero-order valence-corrected chi connectivity index (χ0v) is 17.9. The van der Waals surface area contributed by atoms with Gasteiger partial charge in [0.1, 0.15) is 0 Å². The van der Waals surface area contributed by atoms with Crippen LogP contribution >= 0.6 is 0 Å². The van der Waals surface area contributed by atoms with Gasteiger partial charge in [-0.05, 0) is 67.8 Å². The van der Waals surface area contributed by atoms with Crippen LogP contribution in [0.25, 0.3) is 0 Å². The number of nitrogens with zero attached hydrogens (tertiary/aromatic N) is 3. The van der Waals surface area contributed by atoms with Crippen LogP contribution in [0.2, 0.25) is 0 Å². The standard InChI is InChI=1S/C26H31N4/c1-3-30(2)18-10-15-23-24-19-22(16-17-25(24)29(27)26(23)30)28(20-11-6-4-7-12-20)21-13-8-5-9-14-21/h4-9,11-14,16-17,19,23,26H,3,10,15,18,27H2,1-2H3/q+1. The van der Waals surface area contributed by atoms with E-state index in [0.29, 0.717) is 12.1 Å². The molecule has 2 aliphatic rings. The second kappa shape index (κ2) is 7.46. The lowest BCUT2D eigenvalue weighted by atomic mass is 9.88. The molecule has 0 radical (unpaired) electrons. The number of fused-ring (bicyclic) bond motifs is 3. The highest BCUT2D eigenvalue weighted by molar-refractivity contribution is 5.79. The van der Waals surface area contributed by atoms with E-state index in [1.54, 1.807) is 0 Å². The van der Waals surface area contributed by atoms with Gasteiger partial charge in [0.05, 0.1) is 31.7 Å². The topological polar surface area (TPSA) is 32.5 Å². The molecule has 4 nitrogen and oxygen atoms in total. The molecule has 4 heteroatoms. The molecule has 3 aromatic rings. The van der Waals surface area contributed by atoms with E-state index in [2.05, 4.69) is 103 Å². The molecule has 0 bridgehead atoms. The van der Waals surface area contributed by atoms with Crippen molar-refractivity contribution in [1.82, 2.24) is 0 Å². The van der Waals surface area contributed by atoms with Crippen molar-refractivity contribution in [1.29, 1.82) is 0 Å². The SMILES string of the molecule is CC[N+]1(C)CCCC2c3cc(N(c4ccccc4)c4ccccc4)ccc3N(N)C21. The van der Waals surface area contributed by atoms with Crippen molar-refractivity contribution in [3.05, 3.63) is 84.4 Å². The van der Waals surface area contributed by atoms with Crippen molar-refractivity contribution < 1.29 is 4.48 Å². The van der Waals surface area contributed by atoms with Crippen molar-refractivity contribution >= 4 is 22.7 Å². The van der Waals surface area contributed by atoms with E-state index in [9.17, 15) is 0 Å². The molecule has 0 spiro atoms. The average Bonchev–Trinajstić information content (AvgIpc) is 3.08. The number of quaternary nitrogens is 1. The number of likely N-dealkylation sites (tertiary alicyclic amines) is 1. The van der Waals surface area contributed by atoms with Crippen molar-refractivity contribution in [3.8, 4) is 0 Å². The van der Waals surface area contributed by atoms with E-state index in [0.717, 1.165) is 11.0 Å². The molecule has 1 saturated heterocycles. The molecule has 3 atom stereocenters. The van der Waals surface area contributed by atoms with Crippen LogP contribution in [0.15, 0.2) is 78.9 Å². The zero-order valence-electron chi connectivity index (χ0n) is 17.9. The molecule has 3 unspecified atom stereocenters. The van der Waals surface area contributed by atoms with Gasteiger partial charge in [-0.25, -0.2) is 5.84 Å². The molecule has 5 rings (SSSR count). The predicted molar refractivity (Wildman–Crippen MR) is 125 cm³/mol. The maximum Gasteiger partial charge on any atom is 0.185 e. The number of piperidine rings is 1. The zero-order chi connectivity index (χ0) is 20.7. The Labute approximate surface area is 179 Å². The van der Waals surface area contributed by atoms with Gasteiger partial charge in [-0.3, -0.25) is 5.01 Å². The molecule has 3 aromatic carbocycles. The van der Waals surface area contributed by atoms with Crippen LogP contribution in [0.3, 0.4) is 0 Å². The minimum atomic E-state index is 0.330. The first-order valence-corrected chi connectivity index (χ1v) is 11.0. The Morgan fingerprint density at radius 1 is 0.933 bits per heavy atom. The Hall–Kier alpha value is -2.82. The highest BCUT2D eigenvalue weighted by atomic mass is 15.6. The Morgan fingerprint density at radius 2 is 1.57 bits per heavy atom. The van der Waals surface area contributed by atoms with Gasteiger partial charge in [0.15, 0.2) is 6.17 Å². The summed E-state index contributed by atoms with van der Waals surface area (Å²) in [5, 5.41) is 2.06. The molecule has 154 valence electrons. The lowest BCUT2D eigenvalue weighted by molar-refractivity contribution is -0.937. The highest BCUT2D eigenvalue weighted by Gasteiger charge is 2.50. The Kier molecular flexibility index (Phi) is 4.76. The van der Waals surface area contributed by atoms with E-state index in [-0.39, 0.29) is 0 Å². The molecule has 2 aliphatic heterocycles. The van der Waals surface area contributed by atoms with Crippen LogP contribution in [0.4, 0.5) is 22.7 Å². The number of hydrogen-bond acceptors (Lipinski definition) is 3. The van der Waals surface area contributed by atoms with Gasteiger partial charge in [-0.15, -0.1) is 0 Å². The fourth-order valence-corrected chi connectivity index (χ4v) is 5.50. The van der Waals surface area contributed by atoms with Crippen molar-refractivity contribution in [2.75, 3.05) is 30.0 Å². The first-order valence-electron chi connectivity index (χ1n) is 11.0. The summed E-state index contributed by atoms with van der Waals surface area (Å²) in [6.07, 6.45) is 2.79. The number of hydrogen-bond donors (Lipinski definition) is 1. The number of likely N-dealkylation sites (N-methyl/N-ethyl adjacent to an activating group) is 1. The van der Waals surface area contributed by atoms with E-state index in [1.807, 2.05) is 0 Å². The summed E-state index contributed by atoms with van der Waals surface area (Å²) < 4.78 is 1.02. The second-order valence-electron chi connectivity index (χ2n) is 8.84.